The van der Waals surface area contributed by atoms with Crippen LogP contribution in [0, 0.1) is 0 Å². The van der Waals surface area contributed by atoms with Crippen molar-refractivity contribution in [1.29, 1.82) is 0 Å². The lowest BCUT2D eigenvalue weighted by atomic mass is 10.0. The first-order chi connectivity index (χ1) is 10.0. The quantitative estimate of drug-likeness (QED) is 0.714. The Kier molecular flexibility index (Phi) is 5.27. The van der Waals surface area contributed by atoms with Gasteiger partial charge in [0.2, 0.25) is 0 Å². The molecule has 0 amide bonds. The molecule has 0 aromatic heterocycles. The van der Waals surface area contributed by atoms with E-state index in [-0.39, 0.29) is 18.3 Å². The number of hydrogen-bond acceptors (Lipinski definition) is 5. The SMILES string of the molecule is Nc1cc(Cl)c(N2CCC(OCCO)CC2)c(C(=O)O)c1. The second-order valence-corrected chi connectivity index (χ2v) is 5.39. The Bertz CT molecular complexity index is 516. The molecule has 0 unspecified atom stereocenters. The van der Waals surface area contributed by atoms with Crippen LogP contribution in [0.25, 0.3) is 0 Å². The number of aliphatic hydroxyl groups excluding tert-OH is 1. The number of halogens is 1. The maximum atomic E-state index is 11.4. The number of hydrogen-bond donors (Lipinski definition) is 3. The van der Waals surface area contributed by atoms with Gasteiger partial charge in [-0.15, -0.1) is 0 Å². The number of anilines is 2. The number of aliphatic hydroxyl groups is 1. The normalized spacial score (nSPS) is 16.2. The van der Waals surface area contributed by atoms with Gasteiger partial charge < -0.3 is 25.6 Å². The Labute approximate surface area is 128 Å². The van der Waals surface area contributed by atoms with E-state index in [1.54, 1.807) is 6.07 Å². The van der Waals surface area contributed by atoms with Crippen molar-refractivity contribution in [2.75, 3.05) is 36.9 Å². The van der Waals surface area contributed by atoms with Gasteiger partial charge in [0, 0.05) is 18.8 Å². The third-order valence-corrected chi connectivity index (χ3v) is 3.81. The van der Waals surface area contributed by atoms with Crippen LogP contribution in [-0.2, 0) is 4.74 Å². The largest absolute Gasteiger partial charge is 0.478 e. The molecule has 0 atom stereocenters. The second-order valence-electron chi connectivity index (χ2n) is 4.98. The predicted octanol–water partition coefficient (Wildman–Crippen LogP) is 1.60. The molecule has 0 aliphatic carbocycles. The van der Waals surface area contributed by atoms with E-state index in [0.717, 1.165) is 12.8 Å². The fraction of sp³-hybridized carbons (Fsp3) is 0.500. The van der Waals surface area contributed by atoms with Gasteiger partial charge in [-0.3, -0.25) is 0 Å². The van der Waals surface area contributed by atoms with Crippen molar-refractivity contribution >= 4 is 28.9 Å². The average molecular weight is 315 g/mol. The first-order valence-electron chi connectivity index (χ1n) is 6.82. The lowest BCUT2D eigenvalue weighted by Gasteiger charge is -2.34. The minimum atomic E-state index is -1.04. The maximum Gasteiger partial charge on any atom is 0.337 e. The Morgan fingerprint density at radius 1 is 1.43 bits per heavy atom. The lowest BCUT2D eigenvalue weighted by Crippen LogP contribution is -2.38. The summed E-state index contributed by atoms with van der Waals surface area (Å²) in [6.07, 6.45) is 1.62. The molecule has 1 heterocycles. The second kappa shape index (κ2) is 6.98. The Hall–Kier alpha value is -1.50. The highest BCUT2D eigenvalue weighted by atomic mass is 35.5. The van der Waals surface area contributed by atoms with Crippen molar-refractivity contribution in [3.05, 3.63) is 22.7 Å². The molecular formula is C14H19ClN2O4. The summed E-state index contributed by atoms with van der Waals surface area (Å²) < 4.78 is 5.50. The number of nitrogens with zero attached hydrogens (tertiary/aromatic N) is 1. The van der Waals surface area contributed by atoms with Crippen LogP contribution in [0.3, 0.4) is 0 Å². The Morgan fingerprint density at radius 3 is 2.67 bits per heavy atom. The van der Waals surface area contributed by atoms with E-state index < -0.39 is 5.97 Å². The third-order valence-electron chi connectivity index (χ3n) is 3.52. The molecule has 21 heavy (non-hydrogen) atoms. The number of piperidine rings is 1. The molecule has 7 heteroatoms. The zero-order valence-electron chi connectivity index (χ0n) is 11.6. The molecule has 1 fully saturated rings. The first-order valence-corrected chi connectivity index (χ1v) is 7.20. The number of nitrogen functional groups attached to an aromatic ring is 1. The number of nitrogens with two attached hydrogens (primary N) is 1. The smallest absolute Gasteiger partial charge is 0.337 e. The van der Waals surface area contributed by atoms with Crippen molar-refractivity contribution in [3.8, 4) is 0 Å². The predicted molar refractivity (Wildman–Crippen MR) is 81.1 cm³/mol. The van der Waals surface area contributed by atoms with Gasteiger partial charge in [-0.2, -0.15) is 0 Å². The number of benzene rings is 1. The van der Waals surface area contributed by atoms with Gasteiger partial charge in [-0.05, 0) is 25.0 Å². The third kappa shape index (κ3) is 3.78. The molecular weight excluding hydrogens is 296 g/mol. The Morgan fingerprint density at radius 2 is 2.10 bits per heavy atom. The standard InChI is InChI=1S/C14H19ClN2O4/c15-12-8-9(16)7-11(14(19)20)13(12)17-3-1-10(2-4-17)21-6-5-18/h7-8,10,18H,1-6,16H2,(H,19,20). The van der Waals surface area contributed by atoms with Crippen molar-refractivity contribution in [3.63, 3.8) is 0 Å². The monoisotopic (exact) mass is 314 g/mol. The van der Waals surface area contributed by atoms with E-state index in [2.05, 4.69) is 0 Å². The molecule has 0 bridgehead atoms. The van der Waals surface area contributed by atoms with Crippen molar-refractivity contribution < 1.29 is 19.7 Å². The van der Waals surface area contributed by atoms with Gasteiger partial charge in [0.15, 0.2) is 0 Å². The minimum Gasteiger partial charge on any atom is -0.478 e. The highest BCUT2D eigenvalue weighted by molar-refractivity contribution is 6.34. The van der Waals surface area contributed by atoms with Gasteiger partial charge in [0.1, 0.15) is 0 Å². The molecule has 4 N–H and O–H groups in total. The van der Waals surface area contributed by atoms with Crippen molar-refractivity contribution in [2.45, 2.75) is 18.9 Å². The molecule has 0 spiro atoms. The summed E-state index contributed by atoms with van der Waals surface area (Å²) in [5, 5.41) is 18.4. The van der Waals surface area contributed by atoms with Crippen LogP contribution < -0.4 is 10.6 Å². The average Bonchev–Trinajstić information content (AvgIpc) is 2.45. The van der Waals surface area contributed by atoms with Crippen LogP contribution >= 0.6 is 11.6 Å². The van der Waals surface area contributed by atoms with E-state index in [9.17, 15) is 9.90 Å². The fourth-order valence-electron chi connectivity index (χ4n) is 2.57. The van der Waals surface area contributed by atoms with Gasteiger partial charge in [0.25, 0.3) is 0 Å². The van der Waals surface area contributed by atoms with E-state index in [1.165, 1.54) is 6.07 Å². The topological polar surface area (TPSA) is 96.0 Å². The molecule has 1 aromatic carbocycles. The number of rotatable bonds is 5. The maximum absolute atomic E-state index is 11.4. The fourth-order valence-corrected chi connectivity index (χ4v) is 2.92. The zero-order chi connectivity index (χ0) is 15.4. The van der Waals surface area contributed by atoms with Crippen LogP contribution in [-0.4, -0.2) is 48.6 Å². The summed E-state index contributed by atoms with van der Waals surface area (Å²) >= 11 is 6.18. The molecule has 1 aliphatic heterocycles. The van der Waals surface area contributed by atoms with Crippen LogP contribution in [0.2, 0.25) is 5.02 Å². The molecule has 1 saturated heterocycles. The van der Waals surface area contributed by atoms with E-state index in [0.29, 0.717) is 36.1 Å². The summed E-state index contributed by atoms with van der Waals surface area (Å²) in [6.45, 7) is 1.64. The van der Waals surface area contributed by atoms with Crippen LogP contribution in [0.15, 0.2) is 12.1 Å². The zero-order valence-corrected chi connectivity index (χ0v) is 12.3. The van der Waals surface area contributed by atoms with E-state index in [4.69, 9.17) is 27.2 Å². The lowest BCUT2D eigenvalue weighted by molar-refractivity contribution is 0.0159. The summed E-state index contributed by atoms with van der Waals surface area (Å²) in [5.74, 6) is -1.04. The molecule has 0 saturated carbocycles. The number of carboxylic acids is 1. The molecule has 1 aliphatic rings. The van der Waals surface area contributed by atoms with Crippen LogP contribution in [0.5, 0.6) is 0 Å². The minimum absolute atomic E-state index is 0.00711. The van der Waals surface area contributed by atoms with Crippen LogP contribution in [0.1, 0.15) is 23.2 Å². The summed E-state index contributed by atoms with van der Waals surface area (Å²) in [5.41, 5.74) is 6.63. The van der Waals surface area contributed by atoms with Gasteiger partial charge >= 0.3 is 5.97 Å². The van der Waals surface area contributed by atoms with Gasteiger partial charge in [-0.1, -0.05) is 11.6 Å². The molecule has 1 aromatic rings. The van der Waals surface area contributed by atoms with Gasteiger partial charge in [-0.25, -0.2) is 4.79 Å². The van der Waals surface area contributed by atoms with E-state index >= 15 is 0 Å². The number of aromatic carboxylic acids is 1. The van der Waals surface area contributed by atoms with Crippen LogP contribution in [0.4, 0.5) is 11.4 Å². The Balaban J connectivity index is 2.15. The number of ether oxygens (including phenoxy) is 1. The highest BCUT2D eigenvalue weighted by Gasteiger charge is 2.25. The molecule has 6 nitrogen and oxygen atoms in total. The van der Waals surface area contributed by atoms with E-state index in [1.807, 2.05) is 4.90 Å². The van der Waals surface area contributed by atoms with Crippen molar-refractivity contribution in [1.82, 2.24) is 0 Å². The summed E-state index contributed by atoms with van der Waals surface area (Å²) in [7, 11) is 0. The highest BCUT2D eigenvalue weighted by Crippen LogP contribution is 2.34. The van der Waals surface area contributed by atoms with Gasteiger partial charge in [0.05, 0.1) is 35.6 Å². The van der Waals surface area contributed by atoms with Crippen molar-refractivity contribution in [2.24, 2.45) is 0 Å². The number of carbonyl (C=O) groups is 1. The molecule has 116 valence electrons. The molecule has 2 rings (SSSR count). The first kappa shape index (κ1) is 15.9. The summed E-state index contributed by atoms with van der Waals surface area (Å²) in [4.78, 5) is 13.3. The number of carboxylic acid groups (broad SMARTS) is 1. The summed E-state index contributed by atoms with van der Waals surface area (Å²) in [6, 6.07) is 3.00. The molecule has 0 radical (unpaired) electrons.